The van der Waals surface area contributed by atoms with E-state index in [1.165, 1.54) is 10.7 Å². The molecule has 0 saturated heterocycles. The van der Waals surface area contributed by atoms with E-state index in [0.717, 1.165) is 10.3 Å². The van der Waals surface area contributed by atoms with Crippen LogP contribution in [-0.2, 0) is 5.54 Å². The molecule has 19 heavy (non-hydrogen) atoms. The van der Waals surface area contributed by atoms with Crippen molar-refractivity contribution in [3.63, 3.8) is 0 Å². The van der Waals surface area contributed by atoms with Gasteiger partial charge in [0.1, 0.15) is 5.02 Å². The molecule has 0 fully saturated rings. The molecule has 1 aromatic heterocycles. The van der Waals surface area contributed by atoms with Gasteiger partial charge in [-0.2, -0.15) is 5.10 Å². The molecule has 0 radical (unpaired) electrons. The van der Waals surface area contributed by atoms with E-state index in [1.807, 2.05) is 20.8 Å². The Hall–Kier alpha value is -0.263. The maximum absolute atomic E-state index is 12.2. The van der Waals surface area contributed by atoms with Crippen LogP contribution in [0, 0.1) is 0 Å². The van der Waals surface area contributed by atoms with Crippen LogP contribution in [0.25, 0.3) is 0 Å². The first-order chi connectivity index (χ1) is 8.58. The molecule has 0 amide bonds. The van der Waals surface area contributed by atoms with Crippen molar-refractivity contribution in [2.75, 3.05) is 5.38 Å². The molecule has 6 heteroatoms. The smallest absolute Gasteiger partial charge is 0.266 e. The summed E-state index contributed by atoms with van der Waals surface area (Å²) in [4.78, 5) is 13.0. The molecular weight excluding hydrogens is 296 g/mol. The minimum atomic E-state index is -1.18. The van der Waals surface area contributed by atoms with Crippen molar-refractivity contribution >= 4 is 31.4 Å². The number of hydrogen-bond acceptors (Lipinski definition) is 3. The summed E-state index contributed by atoms with van der Waals surface area (Å²) in [6.45, 7) is 12.7. The van der Waals surface area contributed by atoms with Gasteiger partial charge in [0.15, 0.2) is 0 Å². The first kappa shape index (κ1) is 16.8. The number of rotatable bonds is 4. The average Bonchev–Trinajstić information content (AvgIpc) is 2.29. The largest absolute Gasteiger partial charge is 0.287 e. The van der Waals surface area contributed by atoms with Gasteiger partial charge in [0.05, 0.1) is 24.7 Å². The maximum atomic E-state index is 12.2. The molecule has 0 saturated carbocycles. The predicted molar refractivity (Wildman–Crippen MR) is 87.2 cm³/mol. The summed E-state index contributed by atoms with van der Waals surface area (Å²) >= 11 is 7.86. The van der Waals surface area contributed by atoms with E-state index in [0.29, 0.717) is 5.02 Å². The summed E-state index contributed by atoms with van der Waals surface area (Å²) in [6, 6.07) is 1.23. The van der Waals surface area contributed by atoms with Gasteiger partial charge < -0.3 is 0 Å². The van der Waals surface area contributed by atoms with Crippen LogP contribution >= 0.6 is 23.4 Å². The van der Waals surface area contributed by atoms with Crippen molar-refractivity contribution in [1.29, 1.82) is 0 Å². The Kier molecular flexibility index (Phi) is 5.32. The van der Waals surface area contributed by atoms with Crippen LogP contribution in [0.1, 0.15) is 27.7 Å². The van der Waals surface area contributed by atoms with Gasteiger partial charge in [-0.05, 0) is 26.1 Å². The molecule has 1 aromatic rings. The number of aromatic nitrogens is 2. The zero-order valence-corrected chi connectivity index (χ0v) is 15.2. The predicted octanol–water partition coefficient (Wildman–Crippen LogP) is 4.01. The fourth-order valence-corrected chi connectivity index (χ4v) is 5.00. The summed E-state index contributed by atoms with van der Waals surface area (Å²) in [6.07, 6.45) is 1.72. The van der Waals surface area contributed by atoms with Gasteiger partial charge in [0, 0.05) is 0 Å². The topological polar surface area (TPSA) is 34.9 Å². The van der Waals surface area contributed by atoms with Crippen LogP contribution in [0.5, 0.6) is 0 Å². The number of halogens is 1. The minimum Gasteiger partial charge on any atom is -0.266 e. The van der Waals surface area contributed by atoms with Gasteiger partial charge in [0.25, 0.3) is 5.56 Å². The third-order valence-electron chi connectivity index (χ3n) is 3.10. The van der Waals surface area contributed by atoms with E-state index in [4.69, 9.17) is 11.6 Å². The zero-order chi connectivity index (χ0) is 14.8. The van der Waals surface area contributed by atoms with Crippen molar-refractivity contribution in [2.24, 2.45) is 0 Å². The fraction of sp³-hybridized carbons (Fsp3) is 0.692. The highest BCUT2D eigenvalue weighted by Crippen LogP contribution is 2.27. The molecule has 0 spiro atoms. The van der Waals surface area contributed by atoms with E-state index in [9.17, 15) is 4.79 Å². The lowest BCUT2D eigenvalue weighted by molar-refractivity contribution is 0.336. The first-order valence-electron chi connectivity index (χ1n) is 6.49. The lowest BCUT2D eigenvalue weighted by Crippen LogP contribution is -2.36. The van der Waals surface area contributed by atoms with Crippen LogP contribution in [0.15, 0.2) is 15.9 Å². The van der Waals surface area contributed by atoms with Crippen molar-refractivity contribution in [2.45, 2.75) is 57.3 Å². The van der Waals surface area contributed by atoms with Gasteiger partial charge in [-0.15, -0.1) is 11.8 Å². The van der Waals surface area contributed by atoms with Crippen LogP contribution in [-0.4, -0.2) is 23.2 Å². The summed E-state index contributed by atoms with van der Waals surface area (Å²) in [5.41, 5.74) is -0.545. The van der Waals surface area contributed by atoms with Gasteiger partial charge in [-0.25, -0.2) is 4.68 Å². The third-order valence-corrected chi connectivity index (χ3v) is 9.81. The summed E-state index contributed by atoms with van der Waals surface area (Å²) in [5, 5.41) is 5.61. The van der Waals surface area contributed by atoms with E-state index in [-0.39, 0.29) is 11.1 Å². The summed E-state index contributed by atoms with van der Waals surface area (Å²) in [7, 11) is -1.18. The van der Waals surface area contributed by atoms with Crippen LogP contribution in [0.2, 0.25) is 24.2 Å². The second-order valence-corrected chi connectivity index (χ2v) is 13.8. The minimum absolute atomic E-state index is 0.199. The summed E-state index contributed by atoms with van der Waals surface area (Å²) in [5.74, 6) is 0. The number of nitrogens with zero attached hydrogens (tertiary/aromatic N) is 2. The average molecular weight is 319 g/mol. The van der Waals surface area contributed by atoms with Gasteiger partial charge in [0.2, 0.25) is 0 Å². The molecule has 0 bridgehead atoms. The lowest BCUT2D eigenvalue weighted by atomic mass is 10.1. The van der Waals surface area contributed by atoms with E-state index in [1.54, 1.807) is 18.0 Å². The van der Waals surface area contributed by atoms with Crippen molar-refractivity contribution < 1.29 is 0 Å². The SMILES string of the molecule is CC[Si](C)(C)CSc1cnn(C(C)(C)C)c(=O)c1Cl. The fourth-order valence-electron chi connectivity index (χ4n) is 1.37. The third kappa shape index (κ3) is 4.36. The highest BCUT2D eigenvalue weighted by atomic mass is 35.5. The molecule has 0 aliphatic carbocycles. The molecule has 0 unspecified atom stereocenters. The van der Waals surface area contributed by atoms with Crippen molar-refractivity contribution in [1.82, 2.24) is 9.78 Å². The van der Waals surface area contributed by atoms with Gasteiger partial charge in [-0.3, -0.25) is 4.79 Å². The normalized spacial score (nSPS) is 12.8. The Labute approximate surface area is 125 Å². The molecule has 1 rings (SSSR count). The molecule has 0 aromatic carbocycles. The van der Waals surface area contributed by atoms with E-state index >= 15 is 0 Å². The lowest BCUT2D eigenvalue weighted by Gasteiger charge is -2.22. The maximum Gasteiger partial charge on any atom is 0.287 e. The number of hydrogen-bond donors (Lipinski definition) is 0. The molecule has 3 nitrogen and oxygen atoms in total. The highest BCUT2D eigenvalue weighted by molar-refractivity contribution is 8.01. The monoisotopic (exact) mass is 318 g/mol. The van der Waals surface area contributed by atoms with Crippen LogP contribution < -0.4 is 5.56 Å². The standard InChI is InChI=1S/C13H23ClN2OSSi/c1-7-19(5,6)9-18-10-8-15-16(13(2,3)4)12(17)11(10)14/h8H,7,9H2,1-6H3. The van der Waals surface area contributed by atoms with Crippen molar-refractivity contribution in [3.05, 3.63) is 21.6 Å². The Bertz CT molecular complexity index is 508. The zero-order valence-electron chi connectivity index (χ0n) is 12.6. The first-order valence-corrected chi connectivity index (χ1v) is 11.3. The Morgan fingerprint density at radius 2 is 2.00 bits per heavy atom. The molecule has 0 N–H and O–H groups in total. The summed E-state index contributed by atoms with van der Waals surface area (Å²) < 4.78 is 1.45. The second kappa shape index (κ2) is 6.02. The quantitative estimate of drug-likeness (QED) is 0.621. The molecule has 0 aliphatic heterocycles. The van der Waals surface area contributed by atoms with Gasteiger partial charge in [-0.1, -0.05) is 37.7 Å². The second-order valence-electron chi connectivity index (χ2n) is 6.52. The molecule has 1 heterocycles. The molecular formula is C13H23ClN2OSSi. The van der Waals surface area contributed by atoms with Crippen molar-refractivity contribution in [3.8, 4) is 0 Å². The molecule has 0 aliphatic rings. The Balaban J connectivity index is 3.02. The Morgan fingerprint density at radius 1 is 1.42 bits per heavy atom. The number of thioether (sulfide) groups is 1. The molecule has 0 atom stereocenters. The van der Waals surface area contributed by atoms with Crippen LogP contribution in [0.3, 0.4) is 0 Å². The van der Waals surface area contributed by atoms with Crippen LogP contribution in [0.4, 0.5) is 0 Å². The Morgan fingerprint density at radius 3 is 2.47 bits per heavy atom. The highest BCUT2D eigenvalue weighted by Gasteiger charge is 2.22. The molecule has 108 valence electrons. The van der Waals surface area contributed by atoms with E-state index < -0.39 is 8.07 Å². The van der Waals surface area contributed by atoms with E-state index in [2.05, 4.69) is 25.1 Å². The van der Waals surface area contributed by atoms with Gasteiger partial charge >= 0.3 is 0 Å².